The number of benzene rings is 7. The lowest BCUT2D eigenvalue weighted by Crippen LogP contribution is -2.22. The normalized spacial score (nSPS) is 11.6. The van der Waals surface area contributed by atoms with Gasteiger partial charge in [0, 0.05) is 0 Å². The van der Waals surface area contributed by atoms with Gasteiger partial charge in [0.15, 0.2) is 14.7 Å². The predicted octanol–water partition coefficient (Wildman–Crippen LogP) is 10.5. The summed E-state index contributed by atoms with van der Waals surface area (Å²) < 4.78 is 5.95. The maximum Gasteiger partial charge on any atom is 0.166 e. The van der Waals surface area contributed by atoms with Gasteiger partial charge in [-0.3, -0.25) is 0 Å². The smallest absolute Gasteiger partial charge is 0.166 e. The lowest BCUT2D eigenvalue weighted by Gasteiger charge is -2.21. The summed E-state index contributed by atoms with van der Waals surface area (Å²) in [6.07, 6.45) is 0. The van der Waals surface area contributed by atoms with Crippen molar-refractivity contribution in [2.24, 2.45) is 0 Å². The van der Waals surface area contributed by atoms with Crippen molar-refractivity contribution in [3.8, 4) is 5.75 Å². The Balaban J connectivity index is 0.000000155. The molecule has 0 N–H and O–H groups in total. The summed E-state index contributed by atoms with van der Waals surface area (Å²) in [5.41, 5.74) is -0.179. The Kier molecular flexibility index (Phi) is 7.19. The Bertz CT molecular complexity index is 1670. The molecule has 0 aliphatic carbocycles. The zero-order valence-corrected chi connectivity index (χ0v) is 24.0. The van der Waals surface area contributed by atoms with Crippen molar-refractivity contribution < 1.29 is 4.74 Å². The average molecular weight is 538 g/mol. The average Bonchev–Trinajstić information content (AvgIpc) is 2.98. The number of hydrogen-bond acceptors (Lipinski definition) is 1. The molecule has 1 nitrogen and oxygen atoms in total. The fourth-order valence-corrected chi connectivity index (χ4v) is 7.27. The van der Waals surface area contributed by atoms with Crippen LogP contribution in [0, 0.1) is 0 Å². The monoisotopic (exact) mass is 537 g/mol. The maximum atomic E-state index is 5.95. The summed E-state index contributed by atoms with van der Waals surface area (Å²) >= 11 is 0. The van der Waals surface area contributed by atoms with Crippen LogP contribution >= 0.6 is 0 Å². The first kappa shape index (κ1) is 26.0. The van der Waals surface area contributed by atoms with Crippen LogP contribution in [0.15, 0.2) is 160 Å². The molecule has 0 fully saturated rings. The molecule has 0 saturated carbocycles. The molecule has 0 radical (unpaired) electrons. The quantitative estimate of drug-likeness (QED) is 0.160. The van der Waals surface area contributed by atoms with Crippen LogP contribution in [0.3, 0.4) is 0 Å². The van der Waals surface area contributed by atoms with Crippen molar-refractivity contribution in [1.82, 2.24) is 0 Å². The van der Waals surface area contributed by atoms with Crippen LogP contribution in [-0.4, -0.2) is 5.60 Å². The van der Waals surface area contributed by atoms with E-state index in [9.17, 15) is 0 Å². The SMILES string of the molecule is CC(C)(C)Oc1ccc([S+](c2ccccc2)c2ccccc2)cc1.c1cc2ccc3cccc4ccc(c1)c2c34. The van der Waals surface area contributed by atoms with Gasteiger partial charge in [0.05, 0.1) is 10.9 Å². The zero-order chi connectivity index (χ0) is 27.5. The number of hydrogen-bond donors (Lipinski definition) is 0. The van der Waals surface area contributed by atoms with E-state index in [1.165, 1.54) is 47.0 Å². The van der Waals surface area contributed by atoms with E-state index in [2.05, 4.69) is 166 Å². The lowest BCUT2D eigenvalue weighted by molar-refractivity contribution is 0.131. The van der Waals surface area contributed by atoms with E-state index < -0.39 is 0 Å². The Hall–Kier alpha value is -4.27. The molecule has 0 unspecified atom stereocenters. The third-order valence-electron chi connectivity index (χ3n) is 6.83. The summed E-state index contributed by atoms with van der Waals surface area (Å²) in [6.45, 7) is 6.21. The molecule has 0 bridgehead atoms. The molecular formula is C38H33OS+. The minimum Gasteiger partial charge on any atom is -0.488 e. The molecule has 2 heteroatoms. The molecule has 7 aromatic carbocycles. The van der Waals surface area contributed by atoms with Gasteiger partial charge in [0.2, 0.25) is 0 Å². The highest BCUT2D eigenvalue weighted by Gasteiger charge is 2.28. The van der Waals surface area contributed by atoms with E-state index in [1.807, 2.05) is 0 Å². The molecule has 40 heavy (non-hydrogen) atoms. The Labute approximate surface area is 239 Å². The molecule has 7 aromatic rings. The molecule has 0 aromatic heterocycles. The number of rotatable bonds is 4. The Morgan fingerprint density at radius 2 is 0.775 bits per heavy atom. The molecule has 0 aliphatic rings. The second-order valence-electron chi connectivity index (χ2n) is 10.9. The number of ether oxygens (including phenoxy) is 1. The highest BCUT2D eigenvalue weighted by atomic mass is 32.2. The lowest BCUT2D eigenvalue weighted by atomic mass is 9.95. The van der Waals surface area contributed by atoms with E-state index in [1.54, 1.807) is 0 Å². The molecule has 0 spiro atoms. The molecular weight excluding hydrogens is 504 g/mol. The molecule has 7 rings (SSSR count). The highest BCUT2D eigenvalue weighted by Crippen LogP contribution is 2.34. The molecule has 0 saturated heterocycles. The topological polar surface area (TPSA) is 9.23 Å². The van der Waals surface area contributed by atoms with Crippen LogP contribution < -0.4 is 4.74 Å². The van der Waals surface area contributed by atoms with Crippen LogP contribution in [-0.2, 0) is 10.9 Å². The van der Waals surface area contributed by atoms with Crippen molar-refractivity contribution in [3.63, 3.8) is 0 Å². The standard InChI is InChI=1S/C22H23OS.C16H10/c1-22(2,3)23-18-14-16-21(17-15-18)24(19-10-6-4-7-11-19)20-12-8-5-9-13-20;1-3-11-7-9-13-5-2-6-14-10-8-12(4-1)15(11)16(13)14/h4-17H,1-3H3;1-10H/q+1;. The third-order valence-corrected chi connectivity index (χ3v) is 9.06. The van der Waals surface area contributed by atoms with Gasteiger partial charge in [-0.05, 0) is 102 Å². The summed E-state index contributed by atoms with van der Waals surface area (Å²) in [6, 6.07) is 51.8. The van der Waals surface area contributed by atoms with Crippen molar-refractivity contribution in [3.05, 3.63) is 146 Å². The van der Waals surface area contributed by atoms with Gasteiger partial charge in [-0.25, -0.2) is 0 Å². The minimum absolute atomic E-state index is 0.102. The van der Waals surface area contributed by atoms with Crippen molar-refractivity contribution in [2.75, 3.05) is 0 Å². The molecule has 0 aliphatic heterocycles. The summed E-state index contributed by atoms with van der Waals surface area (Å²) in [5.74, 6) is 0.913. The van der Waals surface area contributed by atoms with Gasteiger partial charge in [0.25, 0.3) is 0 Å². The van der Waals surface area contributed by atoms with Gasteiger partial charge in [-0.15, -0.1) is 0 Å². The fourth-order valence-electron chi connectivity index (χ4n) is 5.19. The van der Waals surface area contributed by atoms with E-state index in [4.69, 9.17) is 4.74 Å². The van der Waals surface area contributed by atoms with E-state index in [0.29, 0.717) is 0 Å². The Morgan fingerprint density at radius 1 is 0.400 bits per heavy atom. The summed E-state index contributed by atoms with van der Waals surface area (Å²) in [5, 5.41) is 8.14. The Morgan fingerprint density at radius 3 is 1.15 bits per heavy atom. The minimum atomic E-state index is -0.179. The molecule has 0 atom stereocenters. The predicted molar refractivity (Wildman–Crippen MR) is 172 cm³/mol. The van der Waals surface area contributed by atoms with Crippen LogP contribution in [0.4, 0.5) is 0 Å². The first-order valence-electron chi connectivity index (χ1n) is 13.7. The first-order valence-corrected chi connectivity index (χ1v) is 14.9. The largest absolute Gasteiger partial charge is 0.488 e. The van der Waals surface area contributed by atoms with Gasteiger partial charge >= 0.3 is 0 Å². The van der Waals surface area contributed by atoms with Crippen LogP contribution in [0.2, 0.25) is 0 Å². The molecule has 0 heterocycles. The van der Waals surface area contributed by atoms with E-state index in [-0.39, 0.29) is 16.5 Å². The first-order chi connectivity index (χ1) is 19.5. The van der Waals surface area contributed by atoms with E-state index >= 15 is 0 Å². The van der Waals surface area contributed by atoms with Gasteiger partial charge in [-0.2, -0.15) is 0 Å². The van der Waals surface area contributed by atoms with Crippen LogP contribution in [0.1, 0.15) is 20.8 Å². The van der Waals surface area contributed by atoms with Crippen LogP contribution in [0.5, 0.6) is 5.75 Å². The summed E-state index contributed by atoms with van der Waals surface area (Å²) in [7, 11) is -0.102. The van der Waals surface area contributed by atoms with Crippen molar-refractivity contribution >= 4 is 43.2 Å². The summed E-state index contributed by atoms with van der Waals surface area (Å²) in [4.78, 5) is 3.95. The fraction of sp³-hybridized carbons (Fsp3) is 0.105. The van der Waals surface area contributed by atoms with Gasteiger partial charge in [-0.1, -0.05) is 97.1 Å². The second kappa shape index (κ2) is 11.1. The van der Waals surface area contributed by atoms with Crippen LogP contribution in [0.25, 0.3) is 32.3 Å². The van der Waals surface area contributed by atoms with E-state index in [0.717, 1.165) is 5.75 Å². The molecule has 0 amide bonds. The zero-order valence-electron chi connectivity index (χ0n) is 23.2. The van der Waals surface area contributed by atoms with Gasteiger partial charge < -0.3 is 4.74 Å². The molecule has 196 valence electrons. The van der Waals surface area contributed by atoms with Gasteiger partial charge in [0.1, 0.15) is 11.4 Å². The second-order valence-corrected chi connectivity index (χ2v) is 12.9. The highest BCUT2D eigenvalue weighted by molar-refractivity contribution is 7.97. The maximum absolute atomic E-state index is 5.95. The van der Waals surface area contributed by atoms with Crippen molar-refractivity contribution in [2.45, 2.75) is 41.1 Å². The van der Waals surface area contributed by atoms with Crippen molar-refractivity contribution in [1.29, 1.82) is 0 Å². The third kappa shape index (κ3) is 5.54.